The van der Waals surface area contributed by atoms with Gasteiger partial charge in [-0.15, -0.1) is 0 Å². The lowest BCUT2D eigenvalue weighted by molar-refractivity contribution is -0.384. The first-order valence-corrected chi connectivity index (χ1v) is 5.67. The van der Waals surface area contributed by atoms with Crippen LogP contribution in [-0.4, -0.2) is 16.7 Å². The molecule has 1 heterocycles. The van der Waals surface area contributed by atoms with Crippen LogP contribution in [-0.2, 0) is 9.59 Å². The van der Waals surface area contributed by atoms with Crippen molar-refractivity contribution in [1.82, 2.24) is 0 Å². The predicted octanol–water partition coefficient (Wildman–Crippen LogP) is 2.56. The van der Waals surface area contributed by atoms with E-state index in [9.17, 15) is 19.7 Å². The normalized spacial score (nSPS) is 15.3. The average molecular weight is 289 g/mol. The van der Waals surface area contributed by atoms with Crippen molar-refractivity contribution in [3.63, 3.8) is 0 Å². The van der Waals surface area contributed by atoms with E-state index in [1.807, 2.05) is 0 Å². The van der Waals surface area contributed by atoms with Crippen LogP contribution >= 0.6 is 23.2 Å². The number of carbonyl (C=O) groups excluding carboxylic acids is 2. The van der Waals surface area contributed by atoms with Crippen molar-refractivity contribution in [2.24, 2.45) is 0 Å². The Morgan fingerprint density at radius 3 is 2.17 bits per heavy atom. The first-order chi connectivity index (χ1) is 8.43. The van der Waals surface area contributed by atoms with Gasteiger partial charge in [-0.3, -0.25) is 19.7 Å². The van der Waals surface area contributed by atoms with Crippen LogP contribution in [0.25, 0.3) is 0 Å². The van der Waals surface area contributed by atoms with Crippen molar-refractivity contribution in [1.29, 1.82) is 0 Å². The maximum Gasteiger partial charge on any atom is 0.289 e. The third-order valence-corrected chi connectivity index (χ3v) is 3.39. The molecule has 1 fully saturated rings. The number of halogens is 2. The number of hydrogen-bond acceptors (Lipinski definition) is 4. The molecule has 1 aliphatic heterocycles. The molecule has 18 heavy (non-hydrogen) atoms. The largest absolute Gasteiger partial charge is 0.289 e. The van der Waals surface area contributed by atoms with E-state index in [0.29, 0.717) is 0 Å². The zero-order chi connectivity index (χ0) is 13.4. The van der Waals surface area contributed by atoms with E-state index < -0.39 is 16.7 Å². The summed E-state index contributed by atoms with van der Waals surface area (Å²) in [6.07, 6.45) is 0.202. The Morgan fingerprint density at radius 2 is 1.67 bits per heavy atom. The van der Waals surface area contributed by atoms with Gasteiger partial charge in [-0.25, -0.2) is 4.90 Å². The summed E-state index contributed by atoms with van der Waals surface area (Å²) in [7, 11) is 0. The lowest BCUT2D eigenvalue weighted by Gasteiger charge is -2.15. The molecule has 2 amide bonds. The van der Waals surface area contributed by atoms with Gasteiger partial charge in [0.05, 0.1) is 15.6 Å². The van der Waals surface area contributed by atoms with Gasteiger partial charge in [-0.1, -0.05) is 23.2 Å². The number of benzene rings is 1. The van der Waals surface area contributed by atoms with Crippen LogP contribution in [0.5, 0.6) is 0 Å². The Bertz CT molecular complexity index is 557. The van der Waals surface area contributed by atoms with E-state index >= 15 is 0 Å². The third-order valence-electron chi connectivity index (χ3n) is 2.53. The summed E-state index contributed by atoms with van der Waals surface area (Å²) in [5.41, 5.74) is -0.288. The van der Waals surface area contributed by atoms with Crippen LogP contribution < -0.4 is 4.90 Å². The molecule has 0 N–H and O–H groups in total. The molecule has 0 atom stereocenters. The lowest BCUT2D eigenvalue weighted by Crippen LogP contribution is -2.28. The van der Waals surface area contributed by atoms with Gasteiger partial charge in [-0.05, 0) is 6.07 Å². The molecule has 2 rings (SSSR count). The molecule has 0 bridgehead atoms. The zero-order valence-corrected chi connectivity index (χ0v) is 10.4. The Kier molecular flexibility index (Phi) is 3.23. The molecule has 0 saturated carbocycles. The van der Waals surface area contributed by atoms with Gasteiger partial charge in [0.15, 0.2) is 0 Å². The predicted molar refractivity (Wildman–Crippen MR) is 64.8 cm³/mol. The molecule has 1 aromatic rings. The minimum atomic E-state index is -0.689. The van der Waals surface area contributed by atoms with Gasteiger partial charge in [-0.2, -0.15) is 0 Å². The van der Waals surface area contributed by atoms with Crippen molar-refractivity contribution >= 4 is 46.4 Å². The summed E-state index contributed by atoms with van der Waals surface area (Å²) in [6.45, 7) is 0. The fraction of sp³-hybridized carbons (Fsp3) is 0.200. The first kappa shape index (κ1) is 12.8. The number of amides is 2. The molecule has 0 unspecified atom stereocenters. The Labute approximate surface area is 111 Å². The molecule has 8 heteroatoms. The van der Waals surface area contributed by atoms with Crippen LogP contribution in [0.15, 0.2) is 12.1 Å². The molecule has 1 aliphatic rings. The number of nitro groups is 1. The molecule has 0 radical (unpaired) electrons. The van der Waals surface area contributed by atoms with E-state index in [0.717, 1.165) is 11.0 Å². The highest BCUT2D eigenvalue weighted by Gasteiger charge is 2.33. The molecule has 1 aromatic carbocycles. The van der Waals surface area contributed by atoms with Crippen LogP contribution in [0.1, 0.15) is 12.8 Å². The summed E-state index contributed by atoms with van der Waals surface area (Å²) in [5.74, 6) is -0.793. The van der Waals surface area contributed by atoms with E-state index in [1.165, 1.54) is 6.07 Å². The summed E-state index contributed by atoms with van der Waals surface area (Å²) in [6, 6.07) is 2.36. The third kappa shape index (κ3) is 1.93. The van der Waals surface area contributed by atoms with Gasteiger partial charge >= 0.3 is 0 Å². The van der Waals surface area contributed by atoms with E-state index in [1.54, 1.807) is 0 Å². The van der Waals surface area contributed by atoms with E-state index in [4.69, 9.17) is 23.2 Å². The number of rotatable bonds is 2. The average Bonchev–Trinajstić information content (AvgIpc) is 2.63. The number of imide groups is 1. The molecular weight excluding hydrogens is 283 g/mol. The Hall–Kier alpha value is -1.66. The van der Waals surface area contributed by atoms with Crippen LogP contribution in [0.2, 0.25) is 10.0 Å². The number of nitrogens with zero attached hydrogens (tertiary/aromatic N) is 2. The smallest absolute Gasteiger partial charge is 0.274 e. The molecule has 0 aromatic heterocycles. The standard InChI is InChI=1S/C10H6Cl2N2O4/c11-9-5(13-7(15)3-4-8(13)16)1-2-6(10(9)12)14(17)18/h1-2H,3-4H2. The highest BCUT2D eigenvalue weighted by molar-refractivity contribution is 6.46. The van der Waals surface area contributed by atoms with Gasteiger partial charge in [0.25, 0.3) is 5.69 Å². The fourth-order valence-corrected chi connectivity index (χ4v) is 2.16. The van der Waals surface area contributed by atoms with Crippen molar-refractivity contribution in [3.8, 4) is 0 Å². The molecule has 1 saturated heterocycles. The summed E-state index contributed by atoms with van der Waals surface area (Å²) < 4.78 is 0. The number of nitro benzene ring substituents is 1. The lowest BCUT2D eigenvalue weighted by atomic mass is 10.2. The summed E-state index contributed by atoms with van der Waals surface area (Å²) in [4.78, 5) is 33.9. The van der Waals surface area contributed by atoms with Crippen LogP contribution in [0.3, 0.4) is 0 Å². The Morgan fingerprint density at radius 1 is 1.11 bits per heavy atom. The second-order valence-corrected chi connectivity index (χ2v) is 4.37. The zero-order valence-electron chi connectivity index (χ0n) is 8.85. The van der Waals surface area contributed by atoms with Gasteiger partial charge < -0.3 is 0 Å². The minimum absolute atomic E-state index is 0.0831. The van der Waals surface area contributed by atoms with Crippen LogP contribution in [0, 0.1) is 10.1 Å². The van der Waals surface area contributed by atoms with Crippen molar-refractivity contribution in [2.45, 2.75) is 12.8 Å². The fourth-order valence-electron chi connectivity index (χ4n) is 1.69. The van der Waals surface area contributed by atoms with Crippen LogP contribution in [0.4, 0.5) is 11.4 Å². The molecule has 0 spiro atoms. The number of anilines is 1. The minimum Gasteiger partial charge on any atom is -0.274 e. The maximum atomic E-state index is 11.5. The Balaban J connectivity index is 2.54. The van der Waals surface area contributed by atoms with Gasteiger partial charge in [0.1, 0.15) is 5.02 Å². The highest BCUT2D eigenvalue weighted by Crippen LogP contribution is 2.40. The molecular formula is C10H6Cl2N2O4. The molecule has 0 aliphatic carbocycles. The monoisotopic (exact) mass is 288 g/mol. The first-order valence-electron chi connectivity index (χ1n) is 4.91. The second-order valence-electron chi connectivity index (χ2n) is 3.61. The van der Waals surface area contributed by atoms with Gasteiger partial charge in [0, 0.05) is 18.9 Å². The second kappa shape index (κ2) is 4.55. The number of carbonyl (C=O) groups is 2. The molecule has 6 nitrogen and oxygen atoms in total. The summed E-state index contributed by atoms with van der Waals surface area (Å²) in [5, 5.41) is 10.2. The topological polar surface area (TPSA) is 80.5 Å². The summed E-state index contributed by atoms with van der Waals surface area (Å²) >= 11 is 11.6. The van der Waals surface area contributed by atoms with Crippen molar-refractivity contribution in [2.75, 3.05) is 4.90 Å². The maximum absolute atomic E-state index is 11.5. The quantitative estimate of drug-likeness (QED) is 0.476. The van der Waals surface area contributed by atoms with Crippen molar-refractivity contribution < 1.29 is 14.5 Å². The number of hydrogen-bond donors (Lipinski definition) is 0. The van der Waals surface area contributed by atoms with Crippen molar-refractivity contribution in [3.05, 3.63) is 32.3 Å². The molecule has 94 valence electrons. The van der Waals surface area contributed by atoms with E-state index in [2.05, 4.69) is 0 Å². The SMILES string of the molecule is O=C1CCC(=O)N1c1ccc([N+](=O)[O-])c(Cl)c1Cl. The highest BCUT2D eigenvalue weighted by atomic mass is 35.5. The van der Waals surface area contributed by atoms with E-state index in [-0.39, 0.29) is 34.3 Å². The van der Waals surface area contributed by atoms with Gasteiger partial charge in [0.2, 0.25) is 11.8 Å².